The van der Waals surface area contributed by atoms with E-state index in [1.807, 2.05) is 39.0 Å². The van der Waals surface area contributed by atoms with E-state index in [-0.39, 0.29) is 25.4 Å². The van der Waals surface area contributed by atoms with Gasteiger partial charge >= 0.3 is 0 Å². The number of benzene rings is 2. The molecular weight excluding hydrogens is 367 g/mol. The molecule has 0 bridgehead atoms. The van der Waals surface area contributed by atoms with Crippen molar-refractivity contribution in [2.24, 2.45) is 0 Å². The fraction of sp³-hybridized carbons (Fsp3) is 0.400. The summed E-state index contributed by atoms with van der Waals surface area (Å²) in [6, 6.07) is 14.2. The van der Waals surface area contributed by atoms with E-state index >= 15 is 0 Å². The van der Waals surface area contributed by atoms with Gasteiger partial charge in [0.2, 0.25) is 0 Å². The summed E-state index contributed by atoms with van der Waals surface area (Å²) in [5.41, 5.74) is 2.73. The first-order valence-corrected chi connectivity index (χ1v) is 10.1. The van der Waals surface area contributed by atoms with Crippen molar-refractivity contribution >= 4 is 7.82 Å². The van der Waals surface area contributed by atoms with Crippen molar-refractivity contribution in [3.05, 3.63) is 70.8 Å². The molecule has 148 valence electrons. The molecule has 1 N–H and O–H groups in total. The van der Waals surface area contributed by atoms with E-state index in [0.29, 0.717) is 23.3 Å². The van der Waals surface area contributed by atoms with Gasteiger partial charge in [-0.25, -0.2) is 0 Å². The summed E-state index contributed by atoms with van der Waals surface area (Å²) in [5, 5.41) is 9.11. The van der Waals surface area contributed by atoms with E-state index < -0.39 is 7.82 Å². The molecule has 2 aromatic carbocycles. The third-order valence-corrected chi connectivity index (χ3v) is 4.51. The highest BCUT2D eigenvalue weighted by Gasteiger charge is 2.12. The van der Waals surface area contributed by atoms with Gasteiger partial charge in [0, 0.05) is 0 Å². The van der Waals surface area contributed by atoms with Crippen molar-refractivity contribution in [3.8, 4) is 0 Å². The first-order chi connectivity index (χ1) is 12.7. The van der Waals surface area contributed by atoms with Gasteiger partial charge < -0.3 is 23.8 Å². The van der Waals surface area contributed by atoms with Crippen LogP contribution in [0.25, 0.3) is 0 Å². The van der Waals surface area contributed by atoms with E-state index in [1.54, 1.807) is 30.3 Å². The van der Waals surface area contributed by atoms with Crippen LogP contribution < -0.4 is 4.89 Å². The summed E-state index contributed by atoms with van der Waals surface area (Å²) in [6.45, 7) is 5.98. The van der Waals surface area contributed by atoms with Gasteiger partial charge in [-0.2, -0.15) is 0 Å². The molecule has 1 atom stereocenters. The molecule has 2 aromatic rings. The number of phosphoric acid groups is 1. The van der Waals surface area contributed by atoms with Gasteiger partial charge in [0.05, 0.1) is 32.0 Å². The lowest BCUT2D eigenvalue weighted by Crippen LogP contribution is -2.18. The van der Waals surface area contributed by atoms with Crippen molar-refractivity contribution in [2.45, 2.75) is 52.8 Å². The SMILES string of the molecule is CC(C)(C)OCc1cccc(COP(=O)([O-])OCc2cccc(CO)c2)c1. The number of aliphatic hydroxyl groups is 1. The molecule has 7 heteroatoms. The third kappa shape index (κ3) is 8.35. The molecule has 0 aliphatic rings. The number of ether oxygens (including phenoxy) is 1. The minimum Gasteiger partial charge on any atom is -0.756 e. The molecule has 0 amide bonds. The maximum Gasteiger partial charge on any atom is 0.268 e. The van der Waals surface area contributed by atoms with Gasteiger partial charge in [-0.1, -0.05) is 48.5 Å². The van der Waals surface area contributed by atoms with Crippen molar-refractivity contribution in [1.82, 2.24) is 0 Å². The summed E-state index contributed by atoms with van der Waals surface area (Å²) in [7, 11) is -4.45. The smallest absolute Gasteiger partial charge is 0.268 e. The summed E-state index contributed by atoms with van der Waals surface area (Å²) < 4.78 is 27.6. The van der Waals surface area contributed by atoms with Crippen molar-refractivity contribution in [2.75, 3.05) is 0 Å². The predicted molar refractivity (Wildman–Crippen MR) is 101 cm³/mol. The number of hydrogen-bond donors (Lipinski definition) is 1. The Bertz CT molecular complexity index is 784. The molecule has 1 unspecified atom stereocenters. The average molecular weight is 393 g/mol. The standard InChI is InChI=1S/C20H27O6P/c1-20(2,3)24-13-17-7-5-9-19(11-17)15-26-27(22,23)25-14-18-8-4-6-16(10-18)12-21/h4-11,21H,12-15H2,1-3H3,(H,22,23)/p-1. The van der Waals surface area contributed by atoms with Crippen LogP contribution in [0.5, 0.6) is 0 Å². The molecule has 27 heavy (non-hydrogen) atoms. The number of phosphoric ester groups is 1. The Morgan fingerprint density at radius 2 is 1.33 bits per heavy atom. The van der Waals surface area contributed by atoms with E-state index in [1.165, 1.54) is 0 Å². The maximum atomic E-state index is 12.0. The topological polar surface area (TPSA) is 88.1 Å². The van der Waals surface area contributed by atoms with E-state index in [2.05, 4.69) is 0 Å². The molecule has 0 aliphatic heterocycles. The zero-order chi connectivity index (χ0) is 19.9. The Labute approximate surface area is 160 Å². The Morgan fingerprint density at radius 1 is 0.889 bits per heavy atom. The molecule has 0 heterocycles. The minimum absolute atomic E-state index is 0.110. The maximum absolute atomic E-state index is 12.0. The molecule has 2 rings (SSSR count). The molecule has 0 saturated carbocycles. The normalized spacial score (nSPS) is 14.1. The monoisotopic (exact) mass is 393 g/mol. The highest BCUT2D eigenvalue weighted by atomic mass is 31.2. The predicted octanol–water partition coefficient (Wildman–Crippen LogP) is 3.70. The van der Waals surface area contributed by atoms with Crippen LogP contribution in [0.4, 0.5) is 0 Å². The van der Waals surface area contributed by atoms with Crippen LogP contribution in [0.3, 0.4) is 0 Å². The average Bonchev–Trinajstić information content (AvgIpc) is 2.63. The second-order valence-corrected chi connectivity index (χ2v) is 8.60. The lowest BCUT2D eigenvalue weighted by atomic mass is 10.1. The first-order valence-electron chi connectivity index (χ1n) is 8.67. The minimum atomic E-state index is -4.45. The zero-order valence-electron chi connectivity index (χ0n) is 15.9. The quantitative estimate of drug-likeness (QED) is 0.654. The molecular formula is C20H26O6P-. The highest BCUT2D eigenvalue weighted by molar-refractivity contribution is 7.45. The fourth-order valence-electron chi connectivity index (χ4n) is 2.27. The molecule has 0 aliphatic carbocycles. The Morgan fingerprint density at radius 3 is 1.81 bits per heavy atom. The lowest BCUT2D eigenvalue weighted by molar-refractivity contribution is -0.227. The number of aliphatic hydroxyl groups excluding tert-OH is 1. The van der Waals surface area contributed by atoms with Crippen LogP contribution in [-0.4, -0.2) is 10.7 Å². The highest BCUT2D eigenvalue weighted by Crippen LogP contribution is 2.40. The molecule has 0 radical (unpaired) electrons. The fourth-order valence-corrected chi connectivity index (χ4v) is 2.96. The zero-order valence-corrected chi connectivity index (χ0v) is 16.8. The van der Waals surface area contributed by atoms with Gasteiger partial charge in [0.15, 0.2) is 0 Å². The van der Waals surface area contributed by atoms with Gasteiger partial charge in [-0.15, -0.1) is 0 Å². The lowest BCUT2D eigenvalue weighted by Gasteiger charge is -2.23. The molecule has 0 spiro atoms. The second-order valence-electron chi connectivity index (χ2n) is 7.19. The van der Waals surface area contributed by atoms with Gasteiger partial charge in [-0.3, -0.25) is 4.57 Å². The Kier molecular flexibility index (Phi) is 7.74. The molecule has 0 saturated heterocycles. The largest absolute Gasteiger partial charge is 0.756 e. The van der Waals surface area contributed by atoms with Gasteiger partial charge in [0.1, 0.15) is 0 Å². The van der Waals surface area contributed by atoms with E-state index in [9.17, 15) is 9.46 Å². The second kappa shape index (κ2) is 9.60. The number of hydrogen-bond acceptors (Lipinski definition) is 6. The van der Waals surface area contributed by atoms with Crippen LogP contribution in [0.15, 0.2) is 48.5 Å². The van der Waals surface area contributed by atoms with Crippen LogP contribution >= 0.6 is 7.82 Å². The van der Waals surface area contributed by atoms with Crippen LogP contribution in [-0.2, 0) is 44.8 Å². The van der Waals surface area contributed by atoms with Gasteiger partial charge in [-0.05, 0) is 43.0 Å². The van der Waals surface area contributed by atoms with Crippen molar-refractivity contribution in [3.63, 3.8) is 0 Å². The first kappa shape index (κ1) is 21.8. The Balaban J connectivity index is 1.87. The van der Waals surface area contributed by atoms with Crippen LogP contribution in [0.1, 0.15) is 43.0 Å². The van der Waals surface area contributed by atoms with E-state index in [0.717, 1.165) is 5.56 Å². The molecule has 6 nitrogen and oxygen atoms in total. The Hall–Kier alpha value is -1.53. The summed E-state index contributed by atoms with van der Waals surface area (Å²) in [5.74, 6) is 0. The van der Waals surface area contributed by atoms with Crippen LogP contribution in [0, 0.1) is 0 Å². The molecule has 0 aromatic heterocycles. The summed E-state index contributed by atoms with van der Waals surface area (Å²) >= 11 is 0. The van der Waals surface area contributed by atoms with E-state index in [4.69, 9.17) is 18.9 Å². The van der Waals surface area contributed by atoms with Gasteiger partial charge in [0.25, 0.3) is 7.82 Å². The summed E-state index contributed by atoms with van der Waals surface area (Å²) in [4.78, 5) is 12.0. The van der Waals surface area contributed by atoms with Crippen molar-refractivity contribution < 1.29 is 28.3 Å². The van der Waals surface area contributed by atoms with Crippen molar-refractivity contribution in [1.29, 1.82) is 0 Å². The number of rotatable bonds is 9. The molecule has 0 fully saturated rings. The third-order valence-electron chi connectivity index (χ3n) is 3.62. The summed E-state index contributed by atoms with van der Waals surface area (Å²) in [6.07, 6.45) is 0. The van der Waals surface area contributed by atoms with Crippen LogP contribution in [0.2, 0.25) is 0 Å².